The van der Waals surface area contributed by atoms with E-state index in [1.54, 1.807) is 45.0 Å². The summed E-state index contributed by atoms with van der Waals surface area (Å²) >= 11 is 0. The lowest BCUT2D eigenvalue weighted by Crippen LogP contribution is -2.27. The molecule has 30 heavy (non-hydrogen) atoms. The van der Waals surface area contributed by atoms with Gasteiger partial charge >= 0.3 is 21.8 Å². The highest BCUT2D eigenvalue weighted by atomic mass is 32.2. The maximum Gasteiger partial charge on any atom is 0.334 e. The van der Waals surface area contributed by atoms with Crippen molar-refractivity contribution in [3.05, 3.63) is 46.4 Å². The maximum atomic E-state index is 12.5. The largest absolute Gasteiger partial charge is 0.458 e. The molecule has 0 radical (unpaired) electrons. The molecule has 3 rings (SSSR count). The first kappa shape index (κ1) is 21.5. The van der Waals surface area contributed by atoms with Crippen molar-refractivity contribution in [1.29, 1.82) is 0 Å². The number of imidazole rings is 1. The first-order valence-electron chi connectivity index (χ1n) is 8.87. The SMILES string of the molecule is CC(C)(C)OC(=O)COS(=O)(=O)c1nc(N)c2[nH]c(=O)n(Cc3ccccc3)c2n1. The molecule has 1 aromatic carbocycles. The van der Waals surface area contributed by atoms with Crippen molar-refractivity contribution in [3.63, 3.8) is 0 Å². The molecule has 0 aliphatic rings. The smallest absolute Gasteiger partial charge is 0.334 e. The molecule has 2 aromatic heterocycles. The summed E-state index contributed by atoms with van der Waals surface area (Å²) in [6.45, 7) is 4.18. The molecule has 2 heterocycles. The van der Waals surface area contributed by atoms with Crippen molar-refractivity contribution < 1.29 is 22.1 Å². The highest BCUT2D eigenvalue weighted by Gasteiger charge is 2.26. The van der Waals surface area contributed by atoms with E-state index in [0.717, 1.165) is 5.56 Å². The number of aromatic nitrogens is 4. The zero-order chi connectivity index (χ0) is 22.1. The van der Waals surface area contributed by atoms with Crippen LogP contribution >= 0.6 is 0 Å². The lowest BCUT2D eigenvalue weighted by Gasteiger charge is -2.19. The molecule has 0 atom stereocenters. The second kappa shape index (κ2) is 7.88. The number of carbonyl (C=O) groups excluding carboxylic acids is 1. The van der Waals surface area contributed by atoms with Gasteiger partial charge < -0.3 is 15.5 Å². The Morgan fingerprint density at radius 1 is 1.20 bits per heavy atom. The number of nitrogens with two attached hydrogens (primary N) is 1. The Bertz CT molecular complexity index is 1240. The van der Waals surface area contributed by atoms with Crippen LogP contribution in [0.5, 0.6) is 0 Å². The topological polar surface area (TPSA) is 159 Å². The molecule has 0 saturated heterocycles. The van der Waals surface area contributed by atoms with Crippen molar-refractivity contribution in [3.8, 4) is 0 Å². The fourth-order valence-electron chi connectivity index (χ4n) is 2.60. The molecule has 11 nitrogen and oxygen atoms in total. The quantitative estimate of drug-likeness (QED) is 0.324. The summed E-state index contributed by atoms with van der Waals surface area (Å²) in [5.74, 6) is -1.12. The number of hydrogen-bond donors (Lipinski definition) is 2. The van der Waals surface area contributed by atoms with Crippen LogP contribution < -0.4 is 11.4 Å². The van der Waals surface area contributed by atoms with E-state index in [0.29, 0.717) is 0 Å². The van der Waals surface area contributed by atoms with Gasteiger partial charge in [-0.25, -0.2) is 9.59 Å². The predicted molar refractivity (Wildman–Crippen MR) is 107 cm³/mol. The van der Waals surface area contributed by atoms with Crippen LogP contribution in [0, 0.1) is 0 Å². The molecule has 3 N–H and O–H groups in total. The average Bonchev–Trinajstić information content (AvgIpc) is 2.96. The molecular weight excluding hydrogens is 414 g/mol. The lowest BCUT2D eigenvalue weighted by molar-refractivity contribution is -0.157. The van der Waals surface area contributed by atoms with Crippen molar-refractivity contribution in [1.82, 2.24) is 19.5 Å². The van der Waals surface area contributed by atoms with Crippen molar-refractivity contribution in [2.24, 2.45) is 0 Å². The van der Waals surface area contributed by atoms with Crippen LogP contribution in [-0.2, 0) is 30.4 Å². The molecule has 0 aliphatic carbocycles. The molecule has 160 valence electrons. The van der Waals surface area contributed by atoms with Gasteiger partial charge in [-0.1, -0.05) is 30.3 Å². The van der Waals surface area contributed by atoms with Crippen LogP contribution in [0.3, 0.4) is 0 Å². The number of rotatable bonds is 6. The van der Waals surface area contributed by atoms with E-state index in [1.165, 1.54) is 4.57 Å². The van der Waals surface area contributed by atoms with Crippen LogP contribution in [0.2, 0.25) is 0 Å². The van der Waals surface area contributed by atoms with E-state index in [1.807, 2.05) is 6.07 Å². The minimum absolute atomic E-state index is 0.00389. The van der Waals surface area contributed by atoms with E-state index in [4.69, 9.17) is 14.7 Å². The number of hydrogen-bond acceptors (Lipinski definition) is 9. The summed E-state index contributed by atoms with van der Waals surface area (Å²) in [6, 6.07) is 9.04. The first-order chi connectivity index (χ1) is 14.0. The minimum Gasteiger partial charge on any atom is -0.458 e. The zero-order valence-corrected chi connectivity index (χ0v) is 17.4. The highest BCUT2D eigenvalue weighted by Crippen LogP contribution is 2.19. The minimum atomic E-state index is -4.54. The second-order valence-electron chi connectivity index (χ2n) is 7.39. The average molecular weight is 435 g/mol. The summed E-state index contributed by atoms with van der Waals surface area (Å²) < 4.78 is 35.9. The molecule has 0 spiro atoms. The number of esters is 1. The summed E-state index contributed by atoms with van der Waals surface area (Å²) in [5.41, 5.74) is 5.38. The lowest BCUT2D eigenvalue weighted by atomic mass is 10.2. The summed E-state index contributed by atoms with van der Waals surface area (Å²) in [6.07, 6.45) is 0. The number of nitrogens with one attached hydrogen (secondary N) is 1. The molecular formula is C18H21N5O6S. The van der Waals surface area contributed by atoms with Crippen molar-refractivity contribution in [2.75, 3.05) is 12.3 Å². The number of carbonyl (C=O) groups is 1. The van der Waals surface area contributed by atoms with Gasteiger partial charge in [-0.2, -0.15) is 18.4 Å². The predicted octanol–water partition coefficient (Wildman–Crippen LogP) is 0.797. The van der Waals surface area contributed by atoms with Gasteiger partial charge in [0.05, 0.1) is 6.54 Å². The van der Waals surface area contributed by atoms with Gasteiger partial charge in [-0.15, -0.1) is 0 Å². The molecule has 0 amide bonds. The van der Waals surface area contributed by atoms with Gasteiger partial charge in [0.1, 0.15) is 11.1 Å². The van der Waals surface area contributed by atoms with Crippen molar-refractivity contribution in [2.45, 2.75) is 38.1 Å². The number of benzene rings is 1. The third kappa shape index (κ3) is 4.83. The summed E-state index contributed by atoms with van der Waals surface area (Å²) in [5, 5.41) is -0.767. The number of nitrogen functional groups attached to an aromatic ring is 1. The summed E-state index contributed by atoms with van der Waals surface area (Å²) in [4.78, 5) is 34.3. The fraction of sp³-hybridized carbons (Fsp3) is 0.333. The third-order valence-electron chi connectivity index (χ3n) is 3.79. The van der Waals surface area contributed by atoms with E-state index < -0.39 is 39.1 Å². The fourth-order valence-corrected chi connectivity index (χ4v) is 3.37. The summed E-state index contributed by atoms with van der Waals surface area (Å²) in [7, 11) is -4.54. The monoisotopic (exact) mass is 435 g/mol. The molecule has 0 unspecified atom stereocenters. The van der Waals surface area contributed by atoms with Crippen LogP contribution in [0.15, 0.2) is 40.3 Å². The van der Waals surface area contributed by atoms with E-state index >= 15 is 0 Å². The van der Waals surface area contributed by atoms with Crippen LogP contribution in [0.25, 0.3) is 11.2 Å². The van der Waals surface area contributed by atoms with Crippen molar-refractivity contribution >= 4 is 33.1 Å². The molecule has 0 bridgehead atoms. The number of H-pyrrole nitrogens is 1. The Kier molecular flexibility index (Phi) is 5.63. The van der Waals surface area contributed by atoms with Crippen LogP contribution in [0.4, 0.5) is 5.82 Å². The number of ether oxygens (including phenoxy) is 1. The van der Waals surface area contributed by atoms with Gasteiger partial charge in [0.2, 0.25) is 0 Å². The molecule has 12 heteroatoms. The number of nitrogens with zero attached hydrogens (tertiary/aromatic N) is 3. The van der Waals surface area contributed by atoms with Crippen LogP contribution in [-0.4, -0.2) is 46.1 Å². The first-order valence-corrected chi connectivity index (χ1v) is 10.3. The number of anilines is 1. The Morgan fingerprint density at radius 3 is 2.50 bits per heavy atom. The Labute approximate surface area is 172 Å². The molecule has 3 aromatic rings. The number of aromatic amines is 1. The Morgan fingerprint density at radius 2 is 1.87 bits per heavy atom. The van der Waals surface area contributed by atoms with Gasteiger partial charge in [-0.05, 0) is 26.3 Å². The van der Waals surface area contributed by atoms with Crippen LogP contribution in [0.1, 0.15) is 26.3 Å². The van der Waals surface area contributed by atoms with Gasteiger partial charge in [-0.3, -0.25) is 8.75 Å². The highest BCUT2D eigenvalue weighted by molar-refractivity contribution is 7.86. The Balaban J connectivity index is 1.94. The van der Waals surface area contributed by atoms with E-state index in [-0.39, 0.29) is 23.5 Å². The zero-order valence-electron chi connectivity index (χ0n) is 16.6. The van der Waals surface area contributed by atoms with E-state index in [2.05, 4.69) is 15.0 Å². The second-order valence-corrected chi connectivity index (χ2v) is 8.90. The standard InChI is InChI=1S/C18H21N5O6S/c1-18(2,3)29-12(24)10-28-30(26,27)16-21-14(19)13-15(22-16)23(17(25)20-13)9-11-7-5-4-6-8-11/h4-8H,9-10H2,1-3H3,(H,20,25)(H2,19,21,22). The molecule has 0 fully saturated rings. The van der Waals surface area contributed by atoms with Gasteiger partial charge in [0, 0.05) is 0 Å². The van der Waals surface area contributed by atoms with Gasteiger partial charge in [0.25, 0.3) is 5.16 Å². The molecule has 0 saturated carbocycles. The number of fused-ring (bicyclic) bond motifs is 1. The van der Waals surface area contributed by atoms with Gasteiger partial charge in [0.15, 0.2) is 18.1 Å². The Hall–Kier alpha value is -3.25. The molecule has 0 aliphatic heterocycles. The maximum absolute atomic E-state index is 12.5. The normalized spacial score (nSPS) is 12.2. The third-order valence-corrected chi connectivity index (χ3v) is 4.85. The van der Waals surface area contributed by atoms with E-state index in [9.17, 15) is 18.0 Å².